The molecule has 0 aliphatic heterocycles. The highest BCUT2D eigenvalue weighted by Gasteiger charge is 1.81. The summed E-state index contributed by atoms with van der Waals surface area (Å²) in [5.41, 5.74) is 0.590. The Bertz CT molecular complexity index is 234. The van der Waals surface area contributed by atoms with E-state index in [1.165, 1.54) is 0 Å². The summed E-state index contributed by atoms with van der Waals surface area (Å²) in [7, 11) is 0. The summed E-state index contributed by atoms with van der Waals surface area (Å²) in [6.07, 6.45) is 4.70. The van der Waals surface area contributed by atoms with Crippen molar-refractivity contribution >= 4 is 11.6 Å². The first-order valence-corrected chi connectivity index (χ1v) is 2.69. The number of rotatable bonds is 0. The molecule has 1 aromatic rings. The minimum Gasteiger partial charge on any atom is -0.260 e. The topological polar surface area (TPSA) is 25.8 Å². The standard InChI is InChI=1S/C6H3ClN2/c7-2-1-6-5-8-3-4-9-6/h3-5H. The Balaban J connectivity index is 2.94. The summed E-state index contributed by atoms with van der Waals surface area (Å²) in [4.78, 5) is 7.63. The summed E-state index contributed by atoms with van der Waals surface area (Å²) < 4.78 is 0. The summed E-state index contributed by atoms with van der Waals surface area (Å²) >= 11 is 5.11. The number of halogens is 1. The van der Waals surface area contributed by atoms with Crippen LogP contribution in [0.5, 0.6) is 0 Å². The highest BCUT2D eigenvalue weighted by Crippen LogP contribution is 1.84. The van der Waals surface area contributed by atoms with Gasteiger partial charge in [-0.25, -0.2) is 4.98 Å². The van der Waals surface area contributed by atoms with E-state index in [1.54, 1.807) is 18.6 Å². The van der Waals surface area contributed by atoms with Crippen LogP contribution in [0.15, 0.2) is 18.6 Å². The van der Waals surface area contributed by atoms with Crippen molar-refractivity contribution in [2.45, 2.75) is 0 Å². The first-order valence-electron chi connectivity index (χ1n) is 2.31. The lowest BCUT2D eigenvalue weighted by atomic mass is 10.5. The number of nitrogens with zero attached hydrogens (tertiary/aromatic N) is 2. The molecule has 1 aromatic heterocycles. The maximum Gasteiger partial charge on any atom is 0.132 e. The van der Waals surface area contributed by atoms with Crippen LogP contribution in [0.1, 0.15) is 5.69 Å². The van der Waals surface area contributed by atoms with Crippen LogP contribution in [-0.4, -0.2) is 9.97 Å². The predicted molar refractivity (Wildman–Crippen MR) is 34.8 cm³/mol. The molecule has 0 atom stereocenters. The Morgan fingerprint density at radius 3 is 2.89 bits per heavy atom. The Hall–Kier alpha value is -1.07. The third-order valence-corrected chi connectivity index (χ3v) is 0.833. The summed E-state index contributed by atoms with van der Waals surface area (Å²) in [6, 6.07) is 0. The summed E-state index contributed by atoms with van der Waals surface area (Å²) in [6.45, 7) is 0. The monoisotopic (exact) mass is 138 g/mol. The van der Waals surface area contributed by atoms with Crippen LogP contribution in [0.4, 0.5) is 0 Å². The fraction of sp³-hybridized carbons (Fsp3) is 0. The maximum atomic E-state index is 5.11. The van der Waals surface area contributed by atoms with Crippen LogP contribution in [-0.2, 0) is 0 Å². The van der Waals surface area contributed by atoms with Gasteiger partial charge in [-0.2, -0.15) is 0 Å². The second kappa shape index (κ2) is 3.06. The Labute approximate surface area is 57.9 Å². The molecule has 44 valence electrons. The Morgan fingerprint density at radius 1 is 1.44 bits per heavy atom. The van der Waals surface area contributed by atoms with E-state index in [2.05, 4.69) is 21.3 Å². The van der Waals surface area contributed by atoms with Gasteiger partial charge in [0.05, 0.1) is 6.20 Å². The first kappa shape index (κ1) is 6.06. The maximum absolute atomic E-state index is 5.11. The zero-order valence-corrected chi connectivity index (χ0v) is 5.26. The second-order valence-electron chi connectivity index (χ2n) is 1.31. The molecule has 0 spiro atoms. The molecule has 0 saturated carbocycles. The molecule has 1 rings (SSSR count). The lowest BCUT2D eigenvalue weighted by molar-refractivity contribution is 1.17. The average Bonchev–Trinajstić information content (AvgIpc) is 1.91. The third-order valence-electron chi connectivity index (χ3n) is 0.738. The molecule has 0 N–H and O–H groups in total. The van der Waals surface area contributed by atoms with Gasteiger partial charge in [0.15, 0.2) is 0 Å². The van der Waals surface area contributed by atoms with Crippen molar-refractivity contribution in [1.29, 1.82) is 0 Å². The van der Waals surface area contributed by atoms with Gasteiger partial charge in [0.2, 0.25) is 0 Å². The van der Waals surface area contributed by atoms with Crippen LogP contribution in [0.25, 0.3) is 0 Å². The van der Waals surface area contributed by atoms with Crippen LogP contribution in [0.2, 0.25) is 0 Å². The smallest absolute Gasteiger partial charge is 0.132 e. The molecule has 2 nitrogen and oxygen atoms in total. The Kier molecular flexibility index (Phi) is 2.06. The molecule has 0 aliphatic rings. The molecule has 0 fully saturated rings. The highest BCUT2D eigenvalue weighted by atomic mass is 35.5. The molecule has 0 aromatic carbocycles. The lowest BCUT2D eigenvalue weighted by Gasteiger charge is -1.81. The second-order valence-corrected chi connectivity index (χ2v) is 1.50. The van der Waals surface area contributed by atoms with Gasteiger partial charge >= 0.3 is 0 Å². The molecular weight excluding hydrogens is 136 g/mol. The van der Waals surface area contributed by atoms with E-state index in [1.807, 2.05) is 0 Å². The minimum absolute atomic E-state index is 0.590. The fourth-order valence-corrected chi connectivity index (χ4v) is 0.509. The van der Waals surface area contributed by atoms with E-state index < -0.39 is 0 Å². The molecule has 0 radical (unpaired) electrons. The largest absolute Gasteiger partial charge is 0.260 e. The zero-order valence-electron chi connectivity index (χ0n) is 4.50. The van der Waals surface area contributed by atoms with Gasteiger partial charge in [-0.05, 0) is 17.5 Å². The van der Waals surface area contributed by atoms with Crippen molar-refractivity contribution in [2.75, 3.05) is 0 Å². The van der Waals surface area contributed by atoms with Gasteiger partial charge in [-0.3, -0.25) is 4.98 Å². The quantitative estimate of drug-likeness (QED) is 0.501. The van der Waals surface area contributed by atoms with Crippen LogP contribution in [0.3, 0.4) is 0 Å². The minimum atomic E-state index is 0.590. The van der Waals surface area contributed by atoms with Crippen LogP contribution < -0.4 is 0 Å². The molecule has 0 amide bonds. The van der Waals surface area contributed by atoms with E-state index >= 15 is 0 Å². The Morgan fingerprint density at radius 2 is 2.33 bits per heavy atom. The third kappa shape index (κ3) is 1.71. The van der Waals surface area contributed by atoms with Crippen LogP contribution in [0, 0.1) is 11.3 Å². The van der Waals surface area contributed by atoms with Gasteiger partial charge in [-0.15, -0.1) is 0 Å². The van der Waals surface area contributed by atoms with Gasteiger partial charge < -0.3 is 0 Å². The molecule has 3 heteroatoms. The predicted octanol–water partition coefficient (Wildman–Crippen LogP) is 1.02. The van der Waals surface area contributed by atoms with E-state index in [4.69, 9.17) is 11.6 Å². The number of hydrogen-bond donors (Lipinski definition) is 0. The highest BCUT2D eigenvalue weighted by molar-refractivity contribution is 6.30. The van der Waals surface area contributed by atoms with Crippen molar-refractivity contribution in [3.8, 4) is 11.3 Å². The molecule has 9 heavy (non-hydrogen) atoms. The number of aromatic nitrogens is 2. The van der Waals surface area contributed by atoms with Crippen molar-refractivity contribution < 1.29 is 0 Å². The molecular formula is C6H3ClN2. The van der Waals surface area contributed by atoms with Gasteiger partial charge in [0.1, 0.15) is 5.69 Å². The van der Waals surface area contributed by atoms with E-state index in [0.717, 1.165) is 0 Å². The number of hydrogen-bond acceptors (Lipinski definition) is 2. The van der Waals surface area contributed by atoms with Crippen molar-refractivity contribution in [2.24, 2.45) is 0 Å². The van der Waals surface area contributed by atoms with E-state index in [0.29, 0.717) is 5.69 Å². The summed E-state index contributed by atoms with van der Waals surface area (Å²) in [5, 5.41) is 2.20. The van der Waals surface area contributed by atoms with Gasteiger partial charge in [-0.1, -0.05) is 0 Å². The molecule has 0 aliphatic carbocycles. The average molecular weight is 139 g/mol. The SMILES string of the molecule is ClC#Cc1cnccn1. The molecule has 1 heterocycles. The summed E-state index contributed by atoms with van der Waals surface area (Å²) in [5.74, 6) is 2.55. The lowest BCUT2D eigenvalue weighted by Crippen LogP contribution is -1.80. The van der Waals surface area contributed by atoms with Gasteiger partial charge in [0, 0.05) is 17.8 Å². The molecule has 0 unspecified atom stereocenters. The fourth-order valence-electron chi connectivity index (χ4n) is 0.412. The van der Waals surface area contributed by atoms with Gasteiger partial charge in [0.25, 0.3) is 0 Å². The first-order chi connectivity index (χ1) is 4.43. The normalized spacial score (nSPS) is 7.67. The van der Waals surface area contributed by atoms with Crippen LogP contribution >= 0.6 is 11.6 Å². The van der Waals surface area contributed by atoms with E-state index in [9.17, 15) is 0 Å². The van der Waals surface area contributed by atoms with Crippen molar-refractivity contribution in [1.82, 2.24) is 9.97 Å². The zero-order chi connectivity index (χ0) is 6.53. The van der Waals surface area contributed by atoms with Crippen molar-refractivity contribution in [3.05, 3.63) is 24.3 Å². The molecule has 0 bridgehead atoms. The van der Waals surface area contributed by atoms with Crippen molar-refractivity contribution in [3.63, 3.8) is 0 Å². The van der Waals surface area contributed by atoms with E-state index in [-0.39, 0.29) is 0 Å². The molecule has 0 saturated heterocycles.